The first-order valence-corrected chi connectivity index (χ1v) is 19.4. The van der Waals surface area contributed by atoms with Crippen LogP contribution < -0.4 is 14.5 Å². The van der Waals surface area contributed by atoms with Crippen molar-refractivity contribution in [2.45, 2.75) is 55.4 Å². The first kappa shape index (κ1) is 36.3. The number of piperazine rings is 2. The molecule has 0 atom stereocenters. The van der Waals surface area contributed by atoms with Crippen LogP contribution >= 0.6 is 0 Å². The van der Waals surface area contributed by atoms with Crippen molar-refractivity contribution in [2.75, 3.05) is 62.2 Å². The van der Waals surface area contributed by atoms with Crippen LogP contribution in [0.4, 0.5) is 11.4 Å². The van der Waals surface area contributed by atoms with Crippen molar-refractivity contribution >= 4 is 45.1 Å². The smallest absolute Gasteiger partial charge is 0.290 e. The Bertz CT molecular complexity index is 2300. The molecule has 55 heavy (non-hydrogen) atoms. The zero-order valence-electron chi connectivity index (χ0n) is 33.3. The lowest BCUT2D eigenvalue weighted by Gasteiger charge is -2.38. The molecule has 0 aliphatic carbocycles. The van der Waals surface area contributed by atoms with Crippen molar-refractivity contribution in [1.82, 2.24) is 9.80 Å². The first-order chi connectivity index (χ1) is 26.4. The van der Waals surface area contributed by atoms with Gasteiger partial charge < -0.3 is 33.2 Å². The number of hydrogen-bond acceptors (Lipinski definition) is 7. The number of aryl methyl sites for hydroxylation is 8. The second kappa shape index (κ2) is 14.2. The second-order valence-electron chi connectivity index (χ2n) is 15.5. The summed E-state index contributed by atoms with van der Waals surface area (Å²) in [5, 5.41) is 2.00. The van der Waals surface area contributed by atoms with Crippen molar-refractivity contribution in [3.8, 4) is 11.5 Å². The highest BCUT2D eigenvalue weighted by Crippen LogP contribution is 2.41. The second-order valence-corrected chi connectivity index (χ2v) is 15.5. The standard InChI is InChI=1S/C46H50N4O5/c1-27-11-9-13-37(41(27)47-15-19-49(20-16-47)45(51)43-33(7)35-23-29(3)31(5)25-39(35)54-43)53-38-14-10-12-28(2)42(38)48-17-21-50(22-18-48)46(52)44-34(8)36-24-30(4)32(6)26-40(36)55-44/h9-14,23-26H,15-22H2,1-8H3. The summed E-state index contributed by atoms with van der Waals surface area (Å²) in [6.45, 7) is 21.5. The molecule has 4 aromatic carbocycles. The van der Waals surface area contributed by atoms with E-state index in [9.17, 15) is 9.59 Å². The van der Waals surface area contributed by atoms with Crippen molar-refractivity contribution in [1.29, 1.82) is 0 Å². The Balaban J connectivity index is 0.970. The summed E-state index contributed by atoms with van der Waals surface area (Å²) in [5.41, 5.74) is 12.3. The Morgan fingerprint density at radius 2 is 0.855 bits per heavy atom. The van der Waals surface area contributed by atoms with Gasteiger partial charge in [-0.2, -0.15) is 0 Å². The quantitative estimate of drug-likeness (QED) is 0.168. The van der Waals surface area contributed by atoms with Gasteiger partial charge in [0, 0.05) is 74.3 Å². The molecular weight excluding hydrogens is 689 g/mol. The number of fused-ring (bicyclic) bond motifs is 2. The SMILES string of the molecule is Cc1cc2oc(C(=O)N3CCN(c4c(C)cccc4Oc4cccc(C)c4N4CCN(C(=O)c5oc6cc(C)c(C)cc6c5C)CC4)CC3)c(C)c2cc1C. The van der Waals surface area contributed by atoms with Crippen LogP contribution in [0.25, 0.3) is 21.9 Å². The molecule has 2 amide bonds. The lowest BCUT2D eigenvalue weighted by Crippen LogP contribution is -2.49. The number of nitrogens with zero attached hydrogens (tertiary/aromatic N) is 4. The summed E-state index contributed by atoms with van der Waals surface area (Å²) in [6, 6.07) is 20.6. The average Bonchev–Trinajstić information content (AvgIpc) is 3.66. The number of carbonyl (C=O) groups is 2. The van der Waals surface area contributed by atoms with Crippen LogP contribution in [-0.4, -0.2) is 74.0 Å². The van der Waals surface area contributed by atoms with Gasteiger partial charge in [0.05, 0.1) is 11.4 Å². The summed E-state index contributed by atoms with van der Waals surface area (Å²) in [7, 11) is 0. The molecule has 6 aromatic rings. The Morgan fingerprint density at radius 1 is 0.491 bits per heavy atom. The van der Waals surface area contributed by atoms with Gasteiger partial charge in [-0.25, -0.2) is 0 Å². The molecule has 2 saturated heterocycles. The van der Waals surface area contributed by atoms with E-state index in [0.29, 0.717) is 63.9 Å². The summed E-state index contributed by atoms with van der Waals surface area (Å²) in [4.78, 5) is 36.0. The fourth-order valence-corrected chi connectivity index (χ4v) is 8.27. The highest BCUT2D eigenvalue weighted by atomic mass is 16.5. The van der Waals surface area contributed by atoms with Crippen molar-refractivity contribution in [3.05, 3.63) is 117 Å². The van der Waals surface area contributed by atoms with E-state index in [0.717, 1.165) is 78.2 Å². The molecule has 0 unspecified atom stereocenters. The molecule has 8 rings (SSSR count). The van der Waals surface area contributed by atoms with E-state index in [1.807, 2.05) is 60.0 Å². The Morgan fingerprint density at radius 3 is 1.24 bits per heavy atom. The van der Waals surface area contributed by atoms with Crippen LogP contribution in [0.3, 0.4) is 0 Å². The molecule has 284 valence electrons. The topological polar surface area (TPSA) is 82.6 Å². The molecule has 0 bridgehead atoms. The van der Waals surface area contributed by atoms with Gasteiger partial charge in [0.1, 0.15) is 11.2 Å². The van der Waals surface area contributed by atoms with Gasteiger partial charge in [0.15, 0.2) is 23.0 Å². The number of hydrogen-bond donors (Lipinski definition) is 0. The van der Waals surface area contributed by atoms with Gasteiger partial charge in [0.25, 0.3) is 11.8 Å². The average molecular weight is 739 g/mol. The van der Waals surface area contributed by atoms with Gasteiger partial charge >= 0.3 is 0 Å². The molecule has 2 fully saturated rings. The number of para-hydroxylation sites is 2. The molecule has 9 heteroatoms. The minimum atomic E-state index is -0.0611. The maximum atomic E-state index is 13.8. The number of anilines is 2. The molecule has 4 heterocycles. The molecule has 2 aliphatic heterocycles. The van der Waals surface area contributed by atoms with Crippen LogP contribution in [0.1, 0.15) is 65.6 Å². The molecule has 0 saturated carbocycles. The third-order valence-electron chi connectivity index (χ3n) is 11.9. The molecular formula is C46H50N4O5. The third kappa shape index (κ3) is 6.49. The highest BCUT2D eigenvalue weighted by molar-refractivity contribution is 6.00. The van der Waals surface area contributed by atoms with Gasteiger partial charge in [-0.3, -0.25) is 9.59 Å². The maximum absolute atomic E-state index is 13.8. The normalized spacial score (nSPS) is 15.1. The lowest BCUT2D eigenvalue weighted by molar-refractivity contribution is 0.0709. The predicted molar refractivity (Wildman–Crippen MR) is 220 cm³/mol. The van der Waals surface area contributed by atoms with Gasteiger partial charge in [-0.1, -0.05) is 24.3 Å². The summed E-state index contributed by atoms with van der Waals surface area (Å²) >= 11 is 0. The van der Waals surface area contributed by atoms with Crippen LogP contribution in [0.2, 0.25) is 0 Å². The summed E-state index contributed by atoms with van der Waals surface area (Å²) in [5.74, 6) is 2.30. The lowest BCUT2D eigenvalue weighted by atomic mass is 10.0. The van der Waals surface area contributed by atoms with E-state index in [1.54, 1.807) is 0 Å². The van der Waals surface area contributed by atoms with E-state index in [4.69, 9.17) is 13.6 Å². The zero-order valence-corrected chi connectivity index (χ0v) is 33.3. The minimum Gasteiger partial charge on any atom is -0.453 e. The molecule has 0 radical (unpaired) electrons. The molecule has 9 nitrogen and oxygen atoms in total. The Kier molecular flexibility index (Phi) is 9.35. The first-order valence-electron chi connectivity index (χ1n) is 19.4. The third-order valence-corrected chi connectivity index (χ3v) is 11.9. The van der Waals surface area contributed by atoms with E-state index in [-0.39, 0.29) is 11.8 Å². The predicted octanol–water partition coefficient (Wildman–Crippen LogP) is 9.36. The van der Waals surface area contributed by atoms with Gasteiger partial charge in [-0.05, 0) is 125 Å². The van der Waals surface area contributed by atoms with Crippen molar-refractivity contribution < 1.29 is 23.2 Å². The number of furan rings is 2. The maximum Gasteiger partial charge on any atom is 0.290 e. The number of ether oxygens (including phenoxy) is 1. The molecule has 2 aliphatic rings. The van der Waals surface area contributed by atoms with E-state index < -0.39 is 0 Å². The van der Waals surface area contributed by atoms with E-state index in [2.05, 4.69) is 75.6 Å². The fourth-order valence-electron chi connectivity index (χ4n) is 8.27. The minimum absolute atomic E-state index is 0.0611. The van der Waals surface area contributed by atoms with Crippen molar-refractivity contribution in [3.63, 3.8) is 0 Å². The Hall–Kier alpha value is -5.70. The van der Waals surface area contributed by atoms with E-state index >= 15 is 0 Å². The summed E-state index contributed by atoms with van der Waals surface area (Å²) < 4.78 is 19.1. The van der Waals surface area contributed by atoms with E-state index in [1.165, 1.54) is 11.1 Å². The molecule has 0 N–H and O–H groups in total. The monoisotopic (exact) mass is 738 g/mol. The largest absolute Gasteiger partial charge is 0.453 e. The van der Waals surface area contributed by atoms with Crippen LogP contribution in [-0.2, 0) is 0 Å². The number of benzene rings is 4. The summed E-state index contributed by atoms with van der Waals surface area (Å²) in [6.07, 6.45) is 0. The van der Waals surface area contributed by atoms with Crippen molar-refractivity contribution in [2.24, 2.45) is 0 Å². The fraction of sp³-hybridized carbons (Fsp3) is 0.348. The van der Waals surface area contributed by atoms with Gasteiger partial charge in [0.2, 0.25) is 0 Å². The van der Waals surface area contributed by atoms with Gasteiger partial charge in [-0.15, -0.1) is 0 Å². The highest BCUT2D eigenvalue weighted by Gasteiger charge is 2.31. The number of amides is 2. The van der Waals surface area contributed by atoms with Crippen LogP contribution in [0.5, 0.6) is 11.5 Å². The number of carbonyl (C=O) groups excluding carboxylic acids is 2. The molecule has 2 aromatic heterocycles. The van der Waals surface area contributed by atoms with Crippen LogP contribution in [0.15, 0.2) is 69.5 Å². The molecule has 0 spiro atoms. The Labute approximate surface area is 323 Å². The van der Waals surface area contributed by atoms with Crippen LogP contribution in [0, 0.1) is 55.4 Å². The zero-order chi connectivity index (χ0) is 38.7. The number of rotatable bonds is 6.